The smallest absolute Gasteiger partial charge is 0.308 e. The number of hydrogen-bond acceptors (Lipinski definition) is 5. The molecule has 0 aliphatic carbocycles. The number of sulfone groups is 1. The zero-order valence-electron chi connectivity index (χ0n) is 14.6. The highest BCUT2D eigenvalue weighted by Crippen LogP contribution is 2.32. The van der Waals surface area contributed by atoms with Gasteiger partial charge in [0.25, 0.3) is 0 Å². The standard InChI is InChI=1S/C20H14BrFO5S/c1-13(23)26-15-9-14(21)10-16(11-15)27-20-8-7-18(12-19(20)22)28(24,25)17-5-3-2-4-6-17/h2-12H,1H3. The highest BCUT2D eigenvalue weighted by atomic mass is 79.9. The van der Waals surface area contributed by atoms with Crippen molar-refractivity contribution in [2.45, 2.75) is 16.7 Å². The summed E-state index contributed by atoms with van der Waals surface area (Å²) in [5, 5.41) is 0. The summed E-state index contributed by atoms with van der Waals surface area (Å²) in [6.07, 6.45) is 0. The van der Waals surface area contributed by atoms with Crippen molar-refractivity contribution in [1.82, 2.24) is 0 Å². The molecule has 8 heteroatoms. The Kier molecular flexibility index (Phi) is 5.81. The van der Waals surface area contributed by atoms with Crippen LogP contribution >= 0.6 is 15.9 Å². The van der Waals surface area contributed by atoms with Gasteiger partial charge in [0.05, 0.1) is 9.79 Å². The normalized spacial score (nSPS) is 11.1. The molecule has 0 spiro atoms. The van der Waals surface area contributed by atoms with Crippen LogP contribution in [0.2, 0.25) is 0 Å². The number of benzene rings is 3. The Balaban J connectivity index is 1.90. The Bertz CT molecular complexity index is 1130. The molecule has 28 heavy (non-hydrogen) atoms. The van der Waals surface area contributed by atoms with Crippen molar-refractivity contribution in [3.63, 3.8) is 0 Å². The molecule has 0 amide bonds. The van der Waals surface area contributed by atoms with Crippen molar-refractivity contribution in [2.24, 2.45) is 0 Å². The van der Waals surface area contributed by atoms with Gasteiger partial charge in [0.2, 0.25) is 9.84 Å². The second-order valence-electron chi connectivity index (χ2n) is 5.73. The van der Waals surface area contributed by atoms with E-state index in [1.165, 1.54) is 37.3 Å². The molecule has 5 nitrogen and oxygen atoms in total. The summed E-state index contributed by atoms with van der Waals surface area (Å²) in [7, 11) is -3.84. The summed E-state index contributed by atoms with van der Waals surface area (Å²) in [5.41, 5.74) is 0. The number of ether oxygens (including phenoxy) is 2. The SMILES string of the molecule is CC(=O)Oc1cc(Br)cc(Oc2ccc(S(=O)(=O)c3ccccc3)cc2F)c1. The molecule has 0 fully saturated rings. The fourth-order valence-corrected chi connectivity index (χ4v) is 4.16. The molecule has 0 bridgehead atoms. The lowest BCUT2D eigenvalue weighted by molar-refractivity contribution is -0.131. The number of rotatable bonds is 5. The lowest BCUT2D eigenvalue weighted by Crippen LogP contribution is -2.03. The Morgan fingerprint density at radius 2 is 1.61 bits per heavy atom. The van der Waals surface area contributed by atoms with E-state index in [1.54, 1.807) is 30.3 Å². The predicted octanol–water partition coefficient (Wildman–Crippen LogP) is 5.14. The van der Waals surface area contributed by atoms with Crippen LogP contribution in [0.3, 0.4) is 0 Å². The van der Waals surface area contributed by atoms with Gasteiger partial charge in [-0.05, 0) is 42.5 Å². The van der Waals surface area contributed by atoms with Crippen LogP contribution in [0.15, 0.2) is 81.0 Å². The van der Waals surface area contributed by atoms with Crippen molar-refractivity contribution < 1.29 is 27.1 Å². The summed E-state index contributed by atoms with van der Waals surface area (Å²) in [6, 6.07) is 15.7. The van der Waals surface area contributed by atoms with Crippen molar-refractivity contribution >= 4 is 31.7 Å². The van der Waals surface area contributed by atoms with E-state index in [0.29, 0.717) is 4.47 Å². The largest absolute Gasteiger partial charge is 0.454 e. The van der Waals surface area contributed by atoms with Crippen LogP contribution in [0.25, 0.3) is 0 Å². The minimum atomic E-state index is -3.84. The molecule has 0 atom stereocenters. The van der Waals surface area contributed by atoms with Crippen LogP contribution < -0.4 is 9.47 Å². The number of esters is 1. The lowest BCUT2D eigenvalue weighted by Gasteiger charge is -2.11. The van der Waals surface area contributed by atoms with Crippen molar-refractivity contribution in [1.29, 1.82) is 0 Å². The number of halogens is 2. The third-order valence-electron chi connectivity index (χ3n) is 3.60. The van der Waals surface area contributed by atoms with Crippen LogP contribution in [-0.2, 0) is 14.6 Å². The summed E-state index contributed by atoms with van der Waals surface area (Å²) < 4.78 is 50.7. The van der Waals surface area contributed by atoms with Gasteiger partial charge < -0.3 is 9.47 Å². The highest BCUT2D eigenvalue weighted by Gasteiger charge is 2.19. The molecule has 0 saturated heterocycles. The van der Waals surface area contributed by atoms with Crippen molar-refractivity contribution in [2.75, 3.05) is 0 Å². The molecule has 0 unspecified atom stereocenters. The number of carbonyl (C=O) groups excluding carboxylic acids is 1. The van der Waals surface area contributed by atoms with Crippen LogP contribution in [0.4, 0.5) is 4.39 Å². The molecule has 0 heterocycles. The lowest BCUT2D eigenvalue weighted by atomic mass is 10.3. The predicted molar refractivity (Wildman–Crippen MR) is 104 cm³/mol. The molecular weight excluding hydrogens is 451 g/mol. The second kappa shape index (κ2) is 8.12. The first kappa shape index (κ1) is 20.0. The van der Waals surface area contributed by atoms with Crippen LogP contribution in [0, 0.1) is 5.82 Å². The minimum Gasteiger partial charge on any atom is -0.454 e. The van der Waals surface area contributed by atoms with E-state index in [0.717, 1.165) is 6.07 Å². The van der Waals surface area contributed by atoms with Gasteiger partial charge in [0, 0.05) is 17.5 Å². The van der Waals surface area contributed by atoms with Crippen LogP contribution in [0.5, 0.6) is 17.2 Å². The molecule has 0 N–H and O–H groups in total. The van der Waals surface area contributed by atoms with E-state index in [-0.39, 0.29) is 27.0 Å². The summed E-state index contributed by atoms with van der Waals surface area (Å²) in [6.45, 7) is 1.26. The van der Waals surface area contributed by atoms with Gasteiger partial charge in [-0.15, -0.1) is 0 Å². The molecular formula is C20H14BrFO5S. The molecule has 0 radical (unpaired) electrons. The highest BCUT2D eigenvalue weighted by molar-refractivity contribution is 9.10. The topological polar surface area (TPSA) is 69.7 Å². The first-order chi connectivity index (χ1) is 13.3. The molecule has 144 valence electrons. The van der Waals surface area contributed by atoms with Gasteiger partial charge >= 0.3 is 5.97 Å². The minimum absolute atomic E-state index is 0.0704. The fraction of sp³-hybridized carbons (Fsp3) is 0.0500. The van der Waals surface area contributed by atoms with Crippen molar-refractivity contribution in [3.8, 4) is 17.2 Å². The first-order valence-electron chi connectivity index (χ1n) is 8.02. The first-order valence-corrected chi connectivity index (χ1v) is 10.3. The maximum Gasteiger partial charge on any atom is 0.308 e. The third kappa shape index (κ3) is 4.58. The average Bonchev–Trinajstić information content (AvgIpc) is 2.63. The summed E-state index contributed by atoms with van der Waals surface area (Å²) >= 11 is 3.25. The summed E-state index contributed by atoms with van der Waals surface area (Å²) in [4.78, 5) is 11.0. The second-order valence-corrected chi connectivity index (χ2v) is 8.59. The zero-order valence-corrected chi connectivity index (χ0v) is 17.0. The van der Waals surface area contributed by atoms with E-state index in [4.69, 9.17) is 9.47 Å². The summed E-state index contributed by atoms with van der Waals surface area (Å²) in [5.74, 6) is -1.08. The van der Waals surface area contributed by atoms with Gasteiger partial charge in [-0.3, -0.25) is 4.79 Å². The van der Waals surface area contributed by atoms with E-state index in [2.05, 4.69) is 15.9 Å². The van der Waals surface area contributed by atoms with Crippen LogP contribution in [-0.4, -0.2) is 14.4 Å². The monoisotopic (exact) mass is 464 g/mol. The molecule has 3 aromatic carbocycles. The van der Waals surface area contributed by atoms with E-state index in [1.807, 2.05) is 0 Å². The van der Waals surface area contributed by atoms with E-state index >= 15 is 0 Å². The Hall–Kier alpha value is -2.71. The van der Waals surface area contributed by atoms with Gasteiger partial charge in [0.15, 0.2) is 11.6 Å². The Morgan fingerprint density at radius 3 is 2.25 bits per heavy atom. The van der Waals surface area contributed by atoms with E-state index in [9.17, 15) is 17.6 Å². The maximum absolute atomic E-state index is 14.5. The van der Waals surface area contributed by atoms with E-state index < -0.39 is 21.6 Å². The molecule has 0 saturated carbocycles. The maximum atomic E-state index is 14.5. The molecule has 0 aromatic heterocycles. The van der Waals surface area contributed by atoms with Crippen molar-refractivity contribution in [3.05, 3.63) is 77.0 Å². The quantitative estimate of drug-likeness (QED) is 0.386. The Morgan fingerprint density at radius 1 is 0.929 bits per heavy atom. The fourth-order valence-electron chi connectivity index (χ4n) is 2.42. The molecule has 3 aromatic rings. The number of hydrogen-bond donors (Lipinski definition) is 0. The van der Waals surface area contributed by atoms with Gasteiger partial charge in [-0.1, -0.05) is 34.1 Å². The molecule has 0 aliphatic rings. The van der Waals surface area contributed by atoms with Gasteiger partial charge in [-0.25, -0.2) is 12.8 Å². The van der Waals surface area contributed by atoms with Crippen LogP contribution in [0.1, 0.15) is 6.92 Å². The molecule has 0 aliphatic heterocycles. The van der Waals surface area contributed by atoms with Gasteiger partial charge in [-0.2, -0.15) is 0 Å². The molecule has 3 rings (SSSR count). The number of carbonyl (C=O) groups is 1. The Labute approximate surface area is 169 Å². The third-order valence-corrected chi connectivity index (χ3v) is 5.83. The average molecular weight is 465 g/mol. The zero-order chi connectivity index (χ0) is 20.3. The van der Waals surface area contributed by atoms with Gasteiger partial charge in [0.1, 0.15) is 11.5 Å².